The first kappa shape index (κ1) is 25.6. The quantitative estimate of drug-likeness (QED) is 0.299. The van der Waals surface area contributed by atoms with Crippen LogP contribution in [0.1, 0.15) is 50.6 Å². The summed E-state index contributed by atoms with van der Waals surface area (Å²) >= 11 is 2.10. The maximum Gasteiger partial charge on any atom is 0.191 e. The van der Waals surface area contributed by atoms with Crippen LogP contribution < -0.4 is 15.4 Å². The number of piperidine rings is 1. The van der Waals surface area contributed by atoms with Crippen LogP contribution in [0.4, 0.5) is 0 Å². The number of aliphatic imine (C=N–C) groups is 1. The lowest BCUT2D eigenvalue weighted by atomic mass is 9.85. The first-order valence-corrected chi connectivity index (χ1v) is 12.1. The number of rotatable bonds is 7. The molecule has 30 heavy (non-hydrogen) atoms. The van der Waals surface area contributed by atoms with E-state index in [4.69, 9.17) is 4.74 Å². The molecule has 2 aliphatic rings. The molecule has 1 aliphatic carbocycles. The van der Waals surface area contributed by atoms with Crippen molar-refractivity contribution in [3.05, 3.63) is 29.8 Å². The third-order valence-corrected chi connectivity index (χ3v) is 7.58. The van der Waals surface area contributed by atoms with Crippen LogP contribution in [0.15, 0.2) is 29.3 Å². The van der Waals surface area contributed by atoms with Gasteiger partial charge in [-0.3, -0.25) is 9.89 Å². The molecule has 0 aromatic heterocycles. The molecule has 3 rings (SSSR count). The van der Waals surface area contributed by atoms with Crippen molar-refractivity contribution in [3.63, 3.8) is 0 Å². The second kappa shape index (κ2) is 13.0. The van der Waals surface area contributed by atoms with E-state index >= 15 is 0 Å². The van der Waals surface area contributed by atoms with Crippen LogP contribution in [-0.4, -0.2) is 62.2 Å². The molecular weight excluding hydrogens is 507 g/mol. The van der Waals surface area contributed by atoms with Crippen molar-refractivity contribution in [2.24, 2.45) is 10.9 Å². The summed E-state index contributed by atoms with van der Waals surface area (Å²) in [5.41, 5.74) is 1.37. The Morgan fingerprint density at radius 1 is 1.23 bits per heavy atom. The monoisotopic (exact) mass is 546 g/mol. The maximum atomic E-state index is 5.34. The molecule has 1 aromatic carbocycles. The molecular formula is C23H39IN4OS. The zero-order chi connectivity index (χ0) is 20.6. The Labute approximate surface area is 204 Å². The van der Waals surface area contributed by atoms with Crippen LogP contribution in [0.25, 0.3) is 0 Å². The van der Waals surface area contributed by atoms with Gasteiger partial charge in [0.15, 0.2) is 5.96 Å². The van der Waals surface area contributed by atoms with Crippen molar-refractivity contribution in [1.29, 1.82) is 0 Å². The number of nitrogens with zero attached hydrogens (tertiary/aromatic N) is 2. The van der Waals surface area contributed by atoms with E-state index in [9.17, 15) is 0 Å². The van der Waals surface area contributed by atoms with Gasteiger partial charge in [-0.15, -0.1) is 24.0 Å². The highest BCUT2D eigenvalue weighted by Gasteiger charge is 2.31. The highest BCUT2D eigenvalue weighted by molar-refractivity contribution is 14.0. The molecule has 0 spiro atoms. The lowest BCUT2D eigenvalue weighted by Gasteiger charge is -2.40. The van der Waals surface area contributed by atoms with E-state index in [1.165, 1.54) is 43.4 Å². The summed E-state index contributed by atoms with van der Waals surface area (Å²) in [7, 11) is 5.86. The summed E-state index contributed by atoms with van der Waals surface area (Å²) in [5, 5.41) is 8.11. The number of benzene rings is 1. The van der Waals surface area contributed by atoms with E-state index in [1.54, 1.807) is 7.11 Å². The van der Waals surface area contributed by atoms with Gasteiger partial charge in [0.25, 0.3) is 0 Å². The summed E-state index contributed by atoms with van der Waals surface area (Å²) < 4.78 is 5.34. The Morgan fingerprint density at radius 3 is 2.67 bits per heavy atom. The van der Waals surface area contributed by atoms with E-state index in [1.807, 2.05) is 7.05 Å². The van der Waals surface area contributed by atoms with Gasteiger partial charge in [0, 0.05) is 30.9 Å². The fourth-order valence-corrected chi connectivity index (χ4v) is 6.02. The average Bonchev–Trinajstić information content (AvgIpc) is 3.18. The molecule has 2 fully saturated rings. The van der Waals surface area contributed by atoms with Gasteiger partial charge in [-0.1, -0.05) is 19.1 Å². The van der Waals surface area contributed by atoms with Crippen molar-refractivity contribution in [2.75, 3.05) is 40.0 Å². The number of guanidine groups is 1. The summed E-state index contributed by atoms with van der Waals surface area (Å²) in [4.78, 5) is 7.00. The van der Waals surface area contributed by atoms with Crippen LogP contribution in [-0.2, 0) is 0 Å². The minimum Gasteiger partial charge on any atom is -0.497 e. The second-order valence-electron chi connectivity index (χ2n) is 8.29. The van der Waals surface area contributed by atoms with E-state index in [0.29, 0.717) is 18.0 Å². The normalized spacial score (nSPS) is 27.4. The number of thioether (sulfide) groups is 1. The smallest absolute Gasteiger partial charge is 0.191 e. The van der Waals surface area contributed by atoms with Crippen LogP contribution in [0.3, 0.4) is 0 Å². The van der Waals surface area contributed by atoms with Gasteiger partial charge >= 0.3 is 0 Å². The Hall–Kier alpha value is -0.670. The SMILES string of the molecule is CCSC1CCC(NC(=NC)NCC2CCCN(C)C2c2ccc(OC)cc2)C1.I. The third-order valence-electron chi connectivity index (χ3n) is 6.35. The third kappa shape index (κ3) is 6.92. The van der Waals surface area contributed by atoms with Gasteiger partial charge in [0.2, 0.25) is 0 Å². The predicted molar refractivity (Wildman–Crippen MR) is 141 cm³/mol. The van der Waals surface area contributed by atoms with Gasteiger partial charge in [0.05, 0.1) is 7.11 Å². The first-order valence-electron chi connectivity index (χ1n) is 11.1. The summed E-state index contributed by atoms with van der Waals surface area (Å²) in [6.07, 6.45) is 6.31. The standard InChI is InChI=1S/C23H38N4OS.HI/c1-5-29-21-13-10-19(15-21)26-23(24-2)25-16-18-7-6-14-27(3)22(18)17-8-11-20(28-4)12-9-17;/h8-9,11-12,18-19,21-22H,5-7,10,13-16H2,1-4H3,(H2,24,25,26);1H. The molecule has 1 saturated heterocycles. The fraction of sp³-hybridized carbons (Fsp3) is 0.696. The van der Waals surface area contributed by atoms with Crippen molar-refractivity contribution in [3.8, 4) is 5.75 Å². The Morgan fingerprint density at radius 2 is 2.00 bits per heavy atom. The Balaban J connectivity index is 0.00000320. The summed E-state index contributed by atoms with van der Waals surface area (Å²) in [6, 6.07) is 9.57. The largest absolute Gasteiger partial charge is 0.497 e. The van der Waals surface area contributed by atoms with Crippen LogP contribution in [0.5, 0.6) is 5.75 Å². The van der Waals surface area contributed by atoms with E-state index in [2.05, 4.69) is 70.5 Å². The summed E-state index contributed by atoms with van der Waals surface area (Å²) in [5.74, 6) is 3.65. The number of ether oxygens (including phenoxy) is 1. The van der Waals surface area contributed by atoms with Gasteiger partial charge in [0.1, 0.15) is 5.75 Å². The number of hydrogen-bond donors (Lipinski definition) is 2. The molecule has 1 saturated carbocycles. The minimum absolute atomic E-state index is 0. The number of hydrogen-bond acceptors (Lipinski definition) is 4. The molecule has 0 amide bonds. The maximum absolute atomic E-state index is 5.34. The van der Waals surface area contributed by atoms with Gasteiger partial charge in [-0.25, -0.2) is 0 Å². The van der Waals surface area contributed by atoms with Gasteiger partial charge in [-0.2, -0.15) is 11.8 Å². The first-order chi connectivity index (χ1) is 14.1. The van der Waals surface area contributed by atoms with Crippen molar-refractivity contribution in [1.82, 2.24) is 15.5 Å². The van der Waals surface area contributed by atoms with E-state index < -0.39 is 0 Å². The molecule has 2 N–H and O–H groups in total. The van der Waals surface area contributed by atoms with Crippen molar-refractivity contribution < 1.29 is 4.74 Å². The van der Waals surface area contributed by atoms with Crippen LogP contribution in [0, 0.1) is 5.92 Å². The highest BCUT2D eigenvalue weighted by Crippen LogP contribution is 2.35. The Bertz CT molecular complexity index is 657. The summed E-state index contributed by atoms with van der Waals surface area (Å²) in [6.45, 7) is 4.35. The lowest BCUT2D eigenvalue weighted by Crippen LogP contribution is -2.47. The number of methoxy groups -OCH3 is 1. The van der Waals surface area contributed by atoms with Gasteiger partial charge < -0.3 is 15.4 Å². The minimum atomic E-state index is 0. The Kier molecular flexibility index (Phi) is 11.1. The van der Waals surface area contributed by atoms with Crippen molar-refractivity contribution in [2.45, 2.75) is 56.4 Å². The van der Waals surface area contributed by atoms with E-state index in [-0.39, 0.29) is 24.0 Å². The topological polar surface area (TPSA) is 48.9 Å². The average molecular weight is 547 g/mol. The molecule has 170 valence electrons. The molecule has 0 radical (unpaired) electrons. The van der Waals surface area contributed by atoms with Crippen LogP contribution >= 0.6 is 35.7 Å². The van der Waals surface area contributed by atoms with Crippen LogP contribution in [0.2, 0.25) is 0 Å². The van der Waals surface area contributed by atoms with E-state index in [0.717, 1.165) is 30.0 Å². The molecule has 4 atom stereocenters. The molecule has 4 unspecified atom stereocenters. The van der Waals surface area contributed by atoms with Crippen molar-refractivity contribution >= 4 is 41.7 Å². The predicted octanol–water partition coefficient (Wildman–Crippen LogP) is 4.54. The number of likely N-dealkylation sites (tertiary alicyclic amines) is 1. The zero-order valence-electron chi connectivity index (χ0n) is 18.9. The fourth-order valence-electron chi connectivity index (χ4n) is 4.88. The second-order valence-corrected chi connectivity index (χ2v) is 9.86. The highest BCUT2D eigenvalue weighted by atomic mass is 127. The molecule has 5 nitrogen and oxygen atoms in total. The van der Waals surface area contributed by atoms with Gasteiger partial charge in [-0.05, 0) is 75.1 Å². The zero-order valence-corrected chi connectivity index (χ0v) is 22.0. The molecule has 1 heterocycles. The number of halogens is 1. The molecule has 7 heteroatoms. The lowest BCUT2D eigenvalue weighted by molar-refractivity contribution is 0.122. The molecule has 1 aliphatic heterocycles. The molecule has 1 aromatic rings. The molecule has 0 bridgehead atoms. The number of nitrogens with one attached hydrogen (secondary N) is 2.